The summed E-state index contributed by atoms with van der Waals surface area (Å²) in [5.41, 5.74) is 8.05. The van der Waals surface area contributed by atoms with Gasteiger partial charge in [0.2, 0.25) is 5.91 Å². The fourth-order valence-corrected chi connectivity index (χ4v) is 2.90. The van der Waals surface area contributed by atoms with E-state index in [1.54, 1.807) is 0 Å². The molecular weight excluding hydrogens is 238 g/mol. The molecule has 1 aliphatic heterocycles. The lowest BCUT2D eigenvalue weighted by Gasteiger charge is -2.33. The van der Waals surface area contributed by atoms with Gasteiger partial charge >= 0.3 is 0 Å². The highest BCUT2D eigenvalue weighted by molar-refractivity contribution is 5.81. The molecule has 4 nitrogen and oxygen atoms in total. The highest BCUT2D eigenvalue weighted by Crippen LogP contribution is 2.40. The smallest absolute Gasteiger partial charge is 0.239 e. The van der Waals surface area contributed by atoms with E-state index in [1.165, 1.54) is 18.4 Å². The van der Waals surface area contributed by atoms with Crippen molar-refractivity contribution in [2.45, 2.75) is 24.8 Å². The van der Waals surface area contributed by atoms with Gasteiger partial charge in [0, 0.05) is 26.2 Å². The molecule has 3 rings (SSSR count). The normalized spacial score (nSPS) is 22.1. The molecule has 0 spiro atoms. The zero-order chi connectivity index (χ0) is 13.2. The first kappa shape index (κ1) is 12.6. The third-order valence-corrected chi connectivity index (χ3v) is 4.06. The van der Waals surface area contributed by atoms with Crippen LogP contribution in [-0.4, -0.2) is 37.0 Å². The van der Waals surface area contributed by atoms with E-state index in [0.29, 0.717) is 5.92 Å². The largest absolute Gasteiger partial charge is 0.368 e. The van der Waals surface area contributed by atoms with Crippen molar-refractivity contribution in [1.82, 2.24) is 10.2 Å². The van der Waals surface area contributed by atoms with Crippen LogP contribution in [0.4, 0.5) is 0 Å². The van der Waals surface area contributed by atoms with Gasteiger partial charge in [0.05, 0.1) is 0 Å². The Morgan fingerprint density at radius 1 is 1.32 bits per heavy atom. The number of rotatable bonds is 4. The highest BCUT2D eigenvalue weighted by Gasteiger charge is 2.29. The number of benzene rings is 1. The Labute approximate surface area is 114 Å². The molecule has 4 heteroatoms. The number of carbonyl (C=O) groups is 1. The Hall–Kier alpha value is -1.39. The van der Waals surface area contributed by atoms with Crippen molar-refractivity contribution in [2.24, 2.45) is 5.73 Å². The number of amides is 1. The predicted octanol–water partition coefficient (Wildman–Crippen LogP) is 0.996. The molecule has 1 saturated carbocycles. The van der Waals surface area contributed by atoms with Crippen molar-refractivity contribution in [1.29, 1.82) is 0 Å². The Balaban J connectivity index is 1.86. The van der Waals surface area contributed by atoms with Gasteiger partial charge in [0.15, 0.2) is 0 Å². The number of piperazine rings is 1. The van der Waals surface area contributed by atoms with Crippen molar-refractivity contribution in [3.63, 3.8) is 0 Å². The molecule has 1 saturated heterocycles. The fraction of sp³-hybridized carbons (Fsp3) is 0.533. The molecule has 0 aromatic heterocycles. The Morgan fingerprint density at radius 2 is 2.05 bits per heavy atom. The number of carbonyl (C=O) groups excluding carboxylic acids is 1. The van der Waals surface area contributed by atoms with Gasteiger partial charge in [-0.2, -0.15) is 0 Å². The summed E-state index contributed by atoms with van der Waals surface area (Å²) in [5, 5.41) is 3.31. The van der Waals surface area contributed by atoms with Crippen molar-refractivity contribution < 1.29 is 4.79 Å². The molecule has 1 amide bonds. The maximum atomic E-state index is 11.9. The molecule has 3 N–H and O–H groups in total. The summed E-state index contributed by atoms with van der Waals surface area (Å²) in [4.78, 5) is 14.0. The monoisotopic (exact) mass is 259 g/mol. The van der Waals surface area contributed by atoms with Crippen molar-refractivity contribution in [3.05, 3.63) is 35.4 Å². The van der Waals surface area contributed by atoms with Crippen molar-refractivity contribution in [3.8, 4) is 0 Å². The van der Waals surface area contributed by atoms with Crippen LogP contribution in [0.5, 0.6) is 0 Å². The quantitative estimate of drug-likeness (QED) is 0.848. The summed E-state index contributed by atoms with van der Waals surface area (Å²) >= 11 is 0. The summed E-state index contributed by atoms with van der Waals surface area (Å²) in [6.45, 7) is 3.60. The van der Waals surface area contributed by atoms with Crippen LogP contribution >= 0.6 is 0 Å². The third kappa shape index (κ3) is 2.80. The molecule has 0 radical (unpaired) electrons. The second kappa shape index (κ2) is 5.31. The zero-order valence-electron chi connectivity index (χ0n) is 11.1. The van der Waals surface area contributed by atoms with Crippen molar-refractivity contribution in [2.75, 3.05) is 26.2 Å². The Morgan fingerprint density at radius 3 is 2.68 bits per heavy atom. The lowest BCUT2D eigenvalue weighted by molar-refractivity contribution is -0.123. The van der Waals surface area contributed by atoms with E-state index in [9.17, 15) is 4.79 Å². The molecule has 0 bridgehead atoms. The number of hydrogen-bond acceptors (Lipinski definition) is 3. The molecule has 2 fully saturated rings. The number of nitrogens with two attached hydrogens (primary N) is 1. The van der Waals surface area contributed by atoms with Gasteiger partial charge in [-0.05, 0) is 29.9 Å². The molecule has 1 atom stereocenters. The van der Waals surface area contributed by atoms with Crippen LogP contribution in [0, 0.1) is 0 Å². The molecule has 1 unspecified atom stereocenters. The maximum absolute atomic E-state index is 11.9. The third-order valence-electron chi connectivity index (χ3n) is 4.06. The van der Waals surface area contributed by atoms with Gasteiger partial charge in [-0.1, -0.05) is 24.3 Å². The Bertz CT molecular complexity index is 464. The van der Waals surface area contributed by atoms with Crippen LogP contribution in [-0.2, 0) is 4.79 Å². The fourth-order valence-electron chi connectivity index (χ4n) is 2.90. The minimum absolute atomic E-state index is 0.241. The lowest BCUT2D eigenvalue weighted by atomic mass is 9.99. The number of primary amides is 1. The summed E-state index contributed by atoms with van der Waals surface area (Å²) in [6.07, 6.45) is 2.55. The second-order valence-electron chi connectivity index (χ2n) is 5.54. The SMILES string of the molecule is NC(=O)C(c1cccc(C2CC2)c1)N1CCNCC1. The van der Waals surface area contributed by atoms with Crippen LogP contribution < -0.4 is 11.1 Å². The van der Waals surface area contributed by atoms with Gasteiger partial charge in [-0.15, -0.1) is 0 Å². The standard InChI is InChI=1S/C15H21N3O/c16-15(19)14(18-8-6-17-7-9-18)13-3-1-2-12(10-13)11-4-5-11/h1-3,10-11,14,17H,4-9H2,(H2,16,19). The van der Waals surface area contributed by atoms with Gasteiger partial charge in [-0.3, -0.25) is 9.69 Å². The molecule has 1 aromatic carbocycles. The molecular formula is C15H21N3O. The highest BCUT2D eigenvalue weighted by atomic mass is 16.1. The minimum atomic E-state index is -0.277. The van der Waals surface area contributed by atoms with E-state index < -0.39 is 0 Å². The van der Waals surface area contributed by atoms with E-state index in [4.69, 9.17) is 5.73 Å². The molecule has 1 aliphatic carbocycles. The Kier molecular flexibility index (Phi) is 3.53. The van der Waals surface area contributed by atoms with E-state index in [-0.39, 0.29) is 11.9 Å². The van der Waals surface area contributed by atoms with Crippen LogP contribution in [0.2, 0.25) is 0 Å². The average molecular weight is 259 g/mol. The van der Waals surface area contributed by atoms with Crippen LogP contribution in [0.25, 0.3) is 0 Å². The first-order chi connectivity index (χ1) is 9.25. The molecule has 102 valence electrons. The van der Waals surface area contributed by atoms with Crippen LogP contribution in [0.1, 0.15) is 35.9 Å². The minimum Gasteiger partial charge on any atom is -0.368 e. The van der Waals surface area contributed by atoms with Crippen LogP contribution in [0.15, 0.2) is 24.3 Å². The summed E-state index contributed by atoms with van der Waals surface area (Å²) in [7, 11) is 0. The molecule has 19 heavy (non-hydrogen) atoms. The average Bonchev–Trinajstić information content (AvgIpc) is 3.24. The van der Waals surface area contributed by atoms with E-state index >= 15 is 0 Å². The number of nitrogens with one attached hydrogen (secondary N) is 1. The molecule has 1 aromatic rings. The van der Waals surface area contributed by atoms with E-state index in [1.807, 2.05) is 6.07 Å². The van der Waals surface area contributed by atoms with E-state index in [2.05, 4.69) is 28.4 Å². The number of hydrogen-bond donors (Lipinski definition) is 2. The summed E-state index contributed by atoms with van der Waals surface area (Å²) < 4.78 is 0. The topological polar surface area (TPSA) is 58.4 Å². The molecule has 2 aliphatic rings. The van der Waals surface area contributed by atoms with Gasteiger partial charge in [0.25, 0.3) is 0 Å². The van der Waals surface area contributed by atoms with Gasteiger partial charge in [-0.25, -0.2) is 0 Å². The lowest BCUT2D eigenvalue weighted by Crippen LogP contribution is -2.48. The van der Waals surface area contributed by atoms with Gasteiger partial charge < -0.3 is 11.1 Å². The first-order valence-corrected chi connectivity index (χ1v) is 7.09. The predicted molar refractivity (Wildman–Crippen MR) is 74.8 cm³/mol. The number of nitrogens with zero attached hydrogens (tertiary/aromatic N) is 1. The first-order valence-electron chi connectivity index (χ1n) is 7.09. The zero-order valence-corrected chi connectivity index (χ0v) is 11.1. The van der Waals surface area contributed by atoms with Crippen molar-refractivity contribution >= 4 is 5.91 Å². The second-order valence-corrected chi connectivity index (χ2v) is 5.54. The van der Waals surface area contributed by atoms with Gasteiger partial charge in [0.1, 0.15) is 6.04 Å². The van der Waals surface area contributed by atoms with E-state index in [0.717, 1.165) is 31.7 Å². The van der Waals surface area contributed by atoms with Crippen LogP contribution in [0.3, 0.4) is 0 Å². The molecule has 1 heterocycles. The summed E-state index contributed by atoms with van der Waals surface area (Å²) in [6, 6.07) is 8.15. The summed E-state index contributed by atoms with van der Waals surface area (Å²) in [5.74, 6) is 0.464. The maximum Gasteiger partial charge on any atom is 0.239 e.